The molecule has 4 aromatic rings. The number of benzene rings is 2. The van der Waals surface area contributed by atoms with Crippen molar-refractivity contribution in [2.45, 2.75) is 13.1 Å². The van der Waals surface area contributed by atoms with E-state index >= 15 is 0 Å². The van der Waals surface area contributed by atoms with Crippen molar-refractivity contribution in [1.29, 1.82) is 0 Å². The average molecular weight is 541 g/mol. The molecule has 2 amide bonds. The molecule has 2 aromatic carbocycles. The lowest BCUT2D eigenvalue weighted by molar-refractivity contribution is -0.137. The molecule has 0 spiro atoms. The predicted octanol–water partition coefficient (Wildman–Crippen LogP) is 5.12. The number of amides is 2. The molecule has 13 heteroatoms. The van der Waals surface area contributed by atoms with E-state index in [9.17, 15) is 22.8 Å². The Balaban J connectivity index is 1.36. The van der Waals surface area contributed by atoms with Crippen LogP contribution in [0.25, 0.3) is 10.9 Å². The summed E-state index contributed by atoms with van der Waals surface area (Å²) < 4.78 is 53.2. The summed E-state index contributed by atoms with van der Waals surface area (Å²) in [5.41, 5.74) is 0.0417. The monoisotopic (exact) mass is 540 g/mol. The van der Waals surface area contributed by atoms with Crippen LogP contribution in [-0.4, -0.2) is 52.8 Å². The molecule has 5 rings (SSSR count). The van der Waals surface area contributed by atoms with Crippen LogP contribution in [0.4, 0.5) is 35.2 Å². The van der Waals surface area contributed by atoms with Crippen molar-refractivity contribution >= 4 is 40.0 Å². The topological polar surface area (TPSA) is 111 Å². The van der Waals surface area contributed by atoms with Crippen LogP contribution < -0.4 is 20.3 Å². The molecular weight excluding hydrogens is 517 g/mol. The highest BCUT2D eigenvalue weighted by atomic mass is 19.4. The zero-order chi connectivity index (χ0) is 27.6. The van der Waals surface area contributed by atoms with Crippen molar-refractivity contribution in [3.8, 4) is 11.6 Å². The molecule has 0 saturated carbocycles. The fraction of sp³-hybridized carbons (Fsp3) is 0.231. The Hall–Kier alpha value is -4.65. The maximum atomic E-state index is 13.6. The fourth-order valence-corrected chi connectivity index (χ4v) is 4.16. The van der Waals surface area contributed by atoms with Gasteiger partial charge >= 0.3 is 12.2 Å². The van der Waals surface area contributed by atoms with Crippen molar-refractivity contribution in [3.63, 3.8) is 0 Å². The summed E-state index contributed by atoms with van der Waals surface area (Å²) in [6.07, 6.45) is -1.82. The molecule has 0 radical (unpaired) electrons. The quantitative estimate of drug-likeness (QED) is 0.362. The van der Waals surface area contributed by atoms with Gasteiger partial charge in [-0.05, 0) is 42.5 Å². The van der Waals surface area contributed by atoms with E-state index < -0.39 is 17.8 Å². The lowest BCUT2D eigenvalue weighted by Crippen LogP contribution is -2.36. The van der Waals surface area contributed by atoms with Gasteiger partial charge in [-0.3, -0.25) is 9.36 Å². The number of hydrogen-bond acceptors (Lipinski definition) is 7. The number of carbonyl (C=O) groups is 2. The molecule has 39 heavy (non-hydrogen) atoms. The van der Waals surface area contributed by atoms with Gasteiger partial charge in [0.15, 0.2) is 0 Å². The zero-order valence-electron chi connectivity index (χ0n) is 20.7. The number of ether oxygens (including phenoxy) is 2. The third-order valence-electron chi connectivity index (χ3n) is 5.92. The molecule has 2 aromatic heterocycles. The van der Waals surface area contributed by atoms with Crippen LogP contribution in [0, 0.1) is 0 Å². The first-order valence-corrected chi connectivity index (χ1v) is 11.9. The molecule has 3 heterocycles. The number of halogens is 3. The smallest absolute Gasteiger partial charge is 0.416 e. The van der Waals surface area contributed by atoms with Crippen LogP contribution >= 0.6 is 0 Å². The number of fused-ring (bicyclic) bond motifs is 1. The minimum Gasteiger partial charge on any atom is -0.439 e. The van der Waals surface area contributed by atoms with E-state index in [2.05, 4.69) is 20.6 Å². The highest BCUT2D eigenvalue weighted by Gasteiger charge is 2.32. The van der Waals surface area contributed by atoms with E-state index in [1.807, 2.05) is 0 Å². The van der Waals surface area contributed by atoms with Gasteiger partial charge in [0.05, 0.1) is 24.3 Å². The second-order valence-electron chi connectivity index (χ2n) is 8.73. The summed E-state index contributed by atoms with van der Waals surface area (Å²) in [4.78, 5) is 34.1. The van der Waals surface area contributed by atoms with Crippen LogP contribution in [-0.2, 0) is 15.7 Å². The van der Waals surface area contributed by atoms with Gasteiger partial charge in [-0.2, -0.15) is 13.2 Å². The first kappa shape index (κ1) is 26.0. The zero-order valence-corrected chi connectivity index (χ0v) is 20.7. The lowest BCUT2D eigenvalue weighted by Gasteiger charge is -2.29. The Bertz CT molecular complexity index is 1530. The van der Waals surface area contributed by atoms with Crippen LogP contribution in [0.1, 0.15) is 12.5 Å². The Kier molecular flexibility index (Phi) is 7.07. The second-order valence-corrected chi connectivity index (χ2v) is 8.73. The summed E-state index contributed by atoms with van der Waals surface area (Å²) in [7, 11) is 0. The molecule has 0 bridgehead atoms. The summed E-state index contributed by atoms with van der Waals surface area (Å²) in [6, 6.07) is 11.0. The van der Waals surface area contributed by atoms with Gasteiger partial charge in [-0.15, -0.1) is 0 Å². The molecule has 1 fully saturated rings. The number of aromatic nitrogens is 3. The fourth-order valence-electron chi connectivity index (χ4n) is 4.16. The van der Waals surface area contributed by atoms with Gasteiger partial charge in [0, 0.05) is 49.0 Å². The van der Waals surface area contributed by atoms with Crippen LogP contribution in [0.3, 0.4) is 0 Å². The first-order valence-electron chi connectivity index (χ1n) is 11.9. The van der Waals surface area contributed by atoms with Gasteiger partial charge in [-0.25, -0.2) is 14.8 Å². The Morgan fingerprint density at radius 2 is 1.79 bits per heavy atom. The van der Waals surface area contributed by atoms with Crippen molar-refractivity contribution in [1.82, 2.24) is 14.5 Å². The van der Waals surface area contributed by atoms with Crippen molar-refractivity contribution in [2.75, 3.05) is 41.8 Å². The lowest BCUT2D eigenvalue weighted by atomic mass is 10.1. The van der Waals surface area contributed by atoms with Crippen molar-refractivity contribution in [2.24, 2.45) is 0 Å². The molecule has 0 aliphatic carbocycles. The minimum absolute atomic E-state index is 0.0249. The number of rotatable bonds is 5. The van der Waals surface area contributed by atoms with E-state index in [0.29, 0.717) is 48.6 Å². The average Bonchev–Trinajstić information content (AvgIpc) is 3.32. The van der Waals surface area contributed by atoms with E-state index in [0.717, 1.165) is 12.1 Å². The van der Waals surface area contributed by atoms with Gasteiger partial charge in [0.2, 0.25) is 11.8 Å². The van der Waals surface area contributed by atoms with Crippen molar-refractivity contribution < 1.29 is 32.2 Å². The summed E-state index contributed by atoms with van der Waals surface area (Å²) in [5, 5.41) is 5.78. The normalized spacial score (nSPS) is 13.8. The van der Waals surface area contributed by atoms with E-state index in [4.69, 9.17) is 9.47 Å². The maximum Gasteiger partial charge on any atom is 0.416 e. The van der Waals surface area contributed by atoms with E-state index in [-0.39, 0.29) is 23.3 Å². The van der Waals surface area contributed by atoms with Gasteiger partial charge in [0.1, 0.15) is 17.9 Å². The molecule has 0 unspecified atom stereocenters. The Morgan fingerprint density at radius 3 is 2.54 bits per heavy atom. The van der Waals surface area contributed by atoms with Crippen LogP contribution in [0.15, 0.2) is 61.1 Å². The highest BCUT2D eigenvalue weighted by Crippen LogP contribution is 2.35. The van der Waals surface area contributed by atoms with E-state index in [1.54, 1.807) is 29.2 Å². The first-order chi connectivity index (χ1) is 18.7. The molecule has 1 saturated heterocycles. The number of hydrogen-bond donors (Lipinski definition) is 2. The number of nitrogens with one attached hydrogen (secondary N) is 2. The molecule has 202 valence electrons. The molecular formula is C26H23F3N6O4. The van der Waals surface area contributed by atoms with Crippen LogP contribution in [0.5, 0.6) is 11.6 Å². The second kappa shape index (κ2) is 10.6. The van der Waals surface area contributed by atoms with Gasteiger partial charge < -0.3 is 25.0 Å². The number of carbonyl (C=O) groups excluding carboxylic acids is 2. The van der Waals surface area contributed by atoms with Crippen molar-refractivity contribution in [3.05, 3.63) is 66.6 Å². The number of alkyl halides is 3. The molecule has 1 aliphatic rings. The largest absolute Gasteiger partial charge is 0.439 e. The molecule has 2 N–H and O–H groups in total. The predicted molar refractivity (Wildman–Crippen MR) is 137 cm³/mol. The number of nitrogens with zero attached hydrogens (tertiary/aromatic N) is 4. The molecule has 0 atom stereocenters. The van der Waals surface area contributed by atoms with Gasteiger partial charge in [0.25, 0.3) is 0 Å². The third-order valence-corrected chi connectivity index (χ3v) is 5.92. The number of anilines is 3. The Labute approximate surface area is 220 Å². The minimum atomic E-state index is -4.58. The summed E-state index contributed by atoms with van der Waals surface area (Å²) in [6.45, 7) is 3.07. The molecule has 1 aliphatic heterocycles. The van der Waals surface area contributed by atoms with E-state index in [1.165, 1.54) is 36.1 Å². The third kappa shape index (κ3) is 6.09. The highest BCUT2D eigenvalue weighted by molar-refractivity contribution is 5.99. The summed E-state index contributed by atoms with van der Waals surface area (Å²) in [5.74, 6) is 0.609. The van der Waals surface area contributed by atoms with Gasteiger partial charge in [-0.1, -0.05) is 0 Å². The standard InChI is InChI=1S/C26H23F3N6O4/c1-16(36)32-23-14-24(31-15-30-23)39-21-2-3-22-17(10-21)4-5-35(22)25(37)33-19-11-18(26(27,28)29)12-20(13-19)34-6-8-38-9-7-34/h2-5,10-15H,6-9H2,1H3,(H,33,37)(H,30,31,32,36). The maximum absolute atomic E-state index is 13.6. The SMILES string of the molecule is CC(=O)Nc1cc(Oc2ccc3c(ccn3C(=O)Nc3cc(N4CCOCC4)cc(C(F)(F)F)c3)c2)ncn1. The van der Waals surface area contributed by atoms with Crippen LogP contribution in [0.2, 0.25) is 0 Å². The summed E-state index contributed by atoms with van der Waals surface area (Å²) >= 11 is 0. The Morgan fingerprint density at radius 1 is 1.00 bits per heavy atom. The molecule has 10 nitrogen and oxygen atoms in total. The number of morpholine rings is 1.